The van der Waals surface area contributed by atoms with Crippen LogP contribution < -0.4 is 9.47 Å². The summed E-state index contributed by atoms with van der Waals surface area (Å²) in [5.74, 6) is -0.0208. The van der Waals surface area contributed by atoms with E-state index < -0.39 is 12.1 Å². The van der Waals surface area contributed by atoms with E-state index in [2.05, 4.69) is 0 Å². The molecule has 2 N–H and O–H groups in total. The molecule has 5 nitrogen and oxygen atoms in total. The maximum Gasteiger partial charge on any atom is 0.303 e. The molecule has 2 unspecified atom stereocenters. The lowest BCUT2D eigenvalue weighted by molar-refractivity contribution is -0.139. The average molecular weight is 252 g/mol. The molecule has 2 rings (SSSR count). The van der Waals surface area contributed by atoms with Gasteiger partial charge < -0.3 is 19.7 Å². The standard InChI is InChI=1S/C13H16O5/c1-8(6-12(14)15)13(16)9-2-3-10-11(7-9)18-5-4-17-10/h2-3,7-8,13,16H,4-6H2,1H3,(H,14,15). The van der Waals surface area contributed by atoms with E-state index in [0.717, 1.165) is 0 Å². The first-order valence-corrected chi connectivity index (χ1v) is 5.87. The zero-order valence-electron chi connectivity index (χ0n) is 10.1. The quantitative estimate of drug-likeness (QED) is 0.851. The summed E-state index contributed by atoms with van der Waals surface area (Å²) < 4.78 is 10.8. The van der Waals surface area contributed by atoms with Crippen molar-refractivity contribution in [3.63, 3.8) is 0 Å². The van der Waals surface area contributed by atoms with E-state index in [1.165, 1.54) is 0 Å². The van der Waals surface area contributed by atoms with Gasteiger partial charge >= 0.3 is 5.97 Å². The van der Waals surface area contributed by atoms with Crippen LogP contribution in [-0.4, -0.2) is 29.4 Å². The second kappa shape index (κ2) is 5.27. The van der Waals surface area contributed by atoms with Crippen LogP contribution in [0.25, 0.3) is 0 Å². The third-order valence-corrected chi connectivity index (χ3v) is 2.94. The molecule has 98 valence electrons. The van der Waals surface area contributed by atoms with Gasteiger partial charge in [-0.15, -0.1) is 0 Å². The topological polar surface area (TPSA) is 76.0 Å². The van der Waals surface area contributed by atoms with Gasteiger partial charge in [0, 0.05) is 0 Å². The van der Waals surface area contributed by atoms with Crippen molar-refractivity contribution >= 4 is 5.97 Å². The number of aliphatic hydroxyl groups excluding tert-OH is 1. The smallest absolute Gasteiger partial charge is 0.303 e. The summed E-state index contributed by atoms with van der Waals surface area (Å²) in [4.78, 5) is 10.6. The predicted molar refractivity (Wildman–Crippen MR) is 63.8 cm³/mol. The maximum absolute atomic E-state index is 10.6. The van der Waals surface area contributed by atoms with Gasteiger partial charge in [-0.05, 0) is 23.6 Å². The summed E-state index contributed by atoms with van der Waals surface area (Å²) in [6, 6.07) is 5.18. The molecule has 1 aliphatic heterocycles. The molecule has 0 aromatic heterocycles. The largest absolute Gasteiger partial charge is 0.486 e. The van der Waals surface area contributed by atoms with Crippen LogP contribution in [0.2, 0.25) is 0 Å². The second-order valence-corrected chi connectivity index (χ2v) is 4.42. The van der Waals surface area contributed by atoms with Gasteiger partial charge in [0.15, 0.2) is 11.5 Å². The van der Waals surface area contributed by atoms with Crippen LogP contribution in [0.15, 0.2) is 18.2 Å². The number of aliphatic hydroxyl groups is 1. The fourth-order valence-electron chi connectivity index (χ4n) is 1.96. The molecular formula is C13H16O5. The van der Waals surface area contributed by atoms with Crippen molar-refractivity contribution in [1.82, 2.24) is 0 Å². The Morgan fingerprint density at radius 2 is 2.00 bits per heavy atom. The number of hydrogen-bond acceptors (Lipinski definition) is 4. The normalized spacial score (nSPS) is 17.0. The van der Waals surface area contributed by atoms with Crippen LogP contribution in [0.3, 0.4) is 0 Å². The third-order valence-electron chi connectivity index (χ3n) is 2.94. The van der Waals surface area contributed by atoms with Crippen molar-refractivity contribution in [2.24, 2.45) is 5.92 Å². The van der Waals surface area contributed by atoms with Crippen LogP contribution in [0.4, 0.5) is 0 Å². The minimum absolute atomic E-state index is 0.0738. The number of fused-ring (bicyclic) bond motifs is 1. The Morgan fingerprint density at radius 3 is 2.67 bits per heavy atom. The molecule has 18 heavy (non-hydrogen) atoms. The summed E-state index contributed by atoms with van der Waals surface area (Å²) in [5.41, 5.74) is 0.646. The van der Waals surface area contributed by atoms with E-state index in [1.54, 1.807) is 25.1 Å². The van der Waals surface area contributed by atoms with Crippen LogP contribution in [0.5, 0.6) is 11.5 Å². The first-order valence-electron chi connectivity index (χ1n) is 5.87. The van der Waals surface area contributed by atoms with Crippen molar-refractivity contribution in [1.29, 1.82) is 0 Å². The van der Waals surface area contributed by atoms with E-state index in [9.17, 15) is 9.90 Å². The van der Waals surface area contributed by atoms with Gasteiger partial charge in [-0.25, -0.2) is 0 Å². The van der Waals surface area contributed by atoms with Gasteiger partial charge in [-0.1, -0.05) is 13.0 Å². The second-order valence-electron chi connectivity index (χ2n) is 4.42. The summed E-state index contributed by atoms with van der Waals surface area (Å²) in [5, 5.41) is 18.8. The molecular weight excluding hydrogens is 236 g/mol. The Hall–Kier alpha value is -1.75. The third kappa shape index (κ3) is 2.73. The molecule has 0 amide bonds. The first-order chi connectivity index (χ1) is 8.58. The highest BCUT2D eigenvalue weighted by molar-refractivity contribution is 5.67. The van der Waals surface area contributed by atoms with Crippen molar-refractivity contribution in [3.05, 3.63) is 23.8 Å². The van der Waals surface area contributed by atoms with Crippen LogP contribution >= 0.6 is 0 Å². The van der Waals surface area contributed by atoms with E-state index in [-0.39, 0.29) is 12.3 Å². The number of benzene rings is 1. The molecule has 0 bridgehead atoms. The summed E-state index contributed by atoms with van der Waals surface area (Å²) in [6.45, 7) is 2.71. The summed E-state index contributed by atoms with van der Waals surface area (Å²) in [6.07, 6.45) is -0.896. The lowest BCUT2D eigenvalue weighted by atomic mass is 9.94. The van der Waals surface area contributed by atoms with E-state index >= 15 is 0 Å². The number of carboxylic acids is 1. The molecule has 0 aliphatic carbocycles. The zero-order valence-corrected chi connectivity index (χ0v) is 10.1. The number of carboxylic acid groups (broad SMARTS) is 1. The summed E-state index contributed by atoms with van der Waals surface area (Å²) in [7, 11) is 0. The van der Waals surface area contributed by atoms with Crippen molar-refractivity contribution in [2.45, 2.75) is 19.4 Å². The van der Waals surface area contributed by atoms with E-state index in [0.29, 0.717) is 30.3 Å². The molecule has 5 heteroatoms. The molecule has 0 saturated carbocycles. The monoisotopic (exact) mass is 252 g/mol. The Kier molecular flexibility index (Phi) is 3.72. The van der Waals surface area contributed by atoms with Crippen molar-refractivity contribution in [2.75, 3.05) is 13.2 Å². The minimum atomic E-state index is -0.918. The molecule has 0 saturated heterocycles. The maximum atomic E-state index is 10.6. The molecule has 0 spiro atoms. The van der Waals surface area contributed by atoms with Gasteiger partial charge in [-0.3, -0.25) is 4.79 Å². The van der Waals surface area contributed by atoms with E-state index in [1.807, 2.05) is 0 Å². The van der Waals surface area contributed by atoms with Crippen LogP contribution in [-0.2, 0) is 4.79 Å². The Bertz CT molecular complexity index is 443. The number of hydrogen-bond donors (Lipinski definition) is 2. The lowest BCUT2D eigenvalue weighted by Gasteiger charge is -2.22. The zero-order chi connectivity index (χ0) is 13.1. The molecule has 1 aliphatic rings. The van der Waals surface area contributed by atoms with Gasteiger partial charge in [0.2, 0.25) is 0 Å². The van der Waals surface area contributed by atoms with E-state index in [4.69, 9.17) is 14.6 Å². The van der Waals surface area contributed by atoms with Crippen molar-refractivity contribution < 1.29 is 24.5 Å². The fourth-order valence-corrected chi connectivity index (χ4v) is 1.96. The molecule has 1 heterocycles. The summed E-state index contributed by atoms with van der Waals surface area (Å²) >= 11 is 0. The van der Waals surface area contributed by atoms with Gasteiger partial charge in [0.25, 0.3) is 0 Å². The highest BCUT2D eigenvalue weighted by Gasteiger charge is 2.21. The lowest BCUT2D eigenvalue weighted by Crippen LogP contribution is -2.17. The highest BCUT2D eigenvalue weighted by Crippen LogP contribution is 2.34. The number of aliphatic carboxylic acids is 1. The highest BCUT2D eigenvalue weighted by atomic mass is 16.6. The molecule has 1 aromatic carbocycles. The number of ether oxygens (including phenoxy) is 2. The van der Waals surface area contributed by atoms with Crippen LogP contribution in [0, 0.1) is 5.92 Å². The fraction of sp³-hybridized carbons (Fsp3) is 0.462. The Morgan fingerprint density at radius 1 is 1.33 bits per heavy atom. The number of rotatable bonds is 4. The van der Waals surface area contributed by atoms with Crippen LogP contribution in [0.1, 0.15) is 25.0 Å². The van der Waals surface area contributed by atoms with Gasteiger partial charge in [-0.2, -0.15) is 0 Å². The number of carbonyl (C=O) groups is 1. The Labute approximate surface area is 105 Å². The minimum Gasteiger partial charge on any atom is -0.486 e. The average Bonchev–Trinajstić information content (AvgIpc) is 2.36. The predicted octanol–water partition coefficient (Wildman–Crippen LogP) is 1.60. The molecule has 1 aromatic rings. The van der Waals surface area contributed by atoms with Crippen molar-refractivity contribution in [3.8, 4) is 11.5 Å². The Balaban J connectivity index is 2.15. The SMILES string of the molecule is CC(CC(=O)O)C(O)c1ccc2c(c1)OCCO2. The first kappa shape index (κ1) is 12.7. The van der Waals surface area contributed by atoms with Gasteiger partial charge in [0.05, 0.1) is 12.5 Å². The van der Waals surface area contributed by atoms with Gasteiger partial charge in [0.1, 0.15) is 13.2 Å². The molecule has 0 fully saturated rings. The molecule has 0 radical (unpaired) electrons. The molecule has 2 atom stereocenters.